The number of thioether (sulfide) groups is 1. The minimum atomic E-state index is -1.08. The number of carbonyl (C=O) groups excluding carboxylic acids is 1. The molecule has 0 bridgehead atoms. The smallest absolute Gasteiger partial charge is 0.353 e. The maximum absolute atomic E-state index is 12.0. The predicted molar refractivity (Wildman–Crippen MR) is 75.5 cm³/mol. The van der Waals surface area contributed by atoms with Gasteiger partial charge in [-0.1, -0.05) is 17.8 Å². The normalized spacial score (nSPS) is 25.9. The van der Waals surface area contributed by atoms with Crippen molar-refractivity contribution in [2.45, 2.75) is 25.8 Å². The molecule has 110 valence electrons. The lowest BCUT2D eigenvalue weighted by Crippen LogP contribution is -2.58. The Balaban J connectivity index is 2.21. The van der Waals surface area contributed by atoms with Gasteiger partial charge in [-0.3, -0.25) is 4.79 Å². The van der Waals surface area contributed by atoms with Gasteiger partial charge in [-0.2, -0.15) is 0 Å². The van der Waals surface area contributed by atoms with Gasteiger partial charge >= 0.3 is 5.97 Å². The van der Waals surface area contributed by atoms with Crippen LogP contribution in [0.4, 0.5) is 0 Å². The van der Waals surface area contributed by atoms with Gasteiger partial charge in [0.05, 0.1) is 12.0 Å². The van der Waals surface area contributed by atoms with Gasteiger partial charge in [-0.25, -0.2) is 4.79 Å². The van der Waals surface area contributed by atoms with Gasteiger partial charge in [0.25, 0.3) is 0 Å². The van der Waals surface area contributed by atoms with Crippen LogP contribution in [-0.4, -0.2) is 46.2 Å². The van der Waals surface area contributed by atoms with Gasteiger partial charge < -0.3 is 20.8 Å². The maximum Gasteiger partial charge on any atom is 0.353 e. The molecule has 4 N–H and O–H groups in total. The van der Waals surface area contributed by atoms with E-state index in [1.807, 2.05) is 13.0 Å². The molecule has 2 rings (SSSR count). The monoisotopic (exact) mass is 298 g/mol. The highest BCUT2D eigenvalue weighted by Crippen LogP contribution is 2.48. The zero-order valence-corrected chi connectivity index (χ0v) is 12.0. The van der Waals surface area contributed by atoms with Crippen molar-refractivity contribution < 1.29 is 19.8 Å². The van der Waals surface area contributed by atoms with Crippen LogP contribution in [0.5, 0.6) is 0 Å². The number of amides is 1. The number of carboxylic acids is 1. The molecule has 2 aliphatic heterocycles. The van der Waals surface area contributed by atoms with Crippen LogP contribution in [0.25, 0.3) is 0 Å². The number of rotatable bonds is 6. The first-order valence-electron chi connectivity index (χ1n) is 6.46. The average Bonchev–Trinajstić information content (AvgIpc) is 2.71. The summed E-state index contributed by atoms with van der Waals surface area (Å²) in [7, 11) is 0. The Morgan fingerprint density at radius 1 is 1.60 bits per heavy atom. The van der Waals surface area contributed by atoms with Crippen molar-refractivity contribution in [1.29, 1.82) is 0 Å². The van der Waals surface area contributed by atoms with E-state index in [0.717, 1.165) is 4.91 Å². The SMILES string of the molecule is C/C(=C/CN)SC1=C(C(=O)O)N2C(=O)[C@@H](CCO)[C@H]2C1. The van der Waals surface area contributed by atoms with E-state index >= 15 is 0 Å². The van der Waals surface area contributed by atoms with Crippen LogP contribution in [0.2, 0.25) is 0 Å². The number of carbonyl (C=O) groups is 2. The van der Waals surface area contributed by atoms with E-state index in [2.05, 4.69) is 0 Å². The quantitative estimate of drug-likeness (QED) is 0.617. The molecule has 1 saturated heterocycles. The molecule has 0 radical (unpaired) electrons. The van der Waals surface area contributed by atoms with E-state index in [4.69, 9.17) is 10.8 Å². The molecular weight excluding hydrogens is 280 g/mol. The molecule has 0 aromatic rings. The van der Waals surface area contributed by atoms with Crippen molar-refractivity contribution in [3.8, 4) is 0 Å². The van der Waals surface area contributed by atoms with Crippen LogP contribution in [0, 0.1) is 5.92 Å². The largest absolute Gasteiger partial charge is 0.477 e. The first-order chi connectivity index (χ1) is 9.51. The van der Waals surface area contributed by atoms with E-state index in [1.165, 1.54) is 16.7 Å². The fourth-order valence-corrected chi connectivity index (χ4v) is 3.81. The molecule has 6 nitrogen and oxygen atoms in total. The highest BCUT2D eigenvalue weighted by Gasteiger charge is 2.54. The van der Waals surface area contributed by atoms with Gasteiger partial charge in [0.1, 0.15) is 5.70 Å². The first-order valence-corrected chi connectivity index (χ1v) is 7.28. The highest BCUT2D eigenvalue weighted by molar-refractivity contribution is 8.06. The molecule has 0 unspecified atom stereocenters. The molecule has 0 saturated carbocycles. The summed E-state index contributed by atoms with van der Waals surface area (Å²) >= 11 is 1.36. The Bertz CT molecular complexity index is 501. The zero-order chi connectivity index (χ0) is 14.9. The molecule has 0 aromatic carbocycles. The number of nitrogens with zero attached hydrogens (tertiary/aromatic N) is 1. The second-order valence-corrected chi connectivity index (χ2v) is 6.17. The first kappa shape index (κ1) is 15.1. The van der Waals surface area contributed by atoms with Crippen molar-refractivity contribution in [2.24, 2.45) is 11.7 Å². The molecule has 0 aromatic heterocycles. The third-order valence-electron chi connectivity index (χ3n) is 3.58. The van der Waals surface area contributed by atoms with Gasteiger partial charge in [-0.15, -0.1) is 0 Å². The van der Waals surface area contributed by atoms with Crippen LogP contribution in [-0.2, 0) is 9.59 Å². The Labute approximate surface area is 121 Å². The van der Waals surface area contributed by atoms with Crippen molar-refractivity contribution in [2.75, 3.05) is 13.2 Å². The second-order valence-electron chi connectivity index (χ2n) is 4.83. The number of aliphatic carboxylic acids is 1. The lowest BCUT2D eigenvalue weighted by molar-refractivity contribution is -0.155. The van der Waals surface area contributed by atoms with Gasteiger partial charge in [0.2, 0.25) is 5.91 Å². The van der Waals surface area contributed by atoms with E-state index < -0.39 is 5.97 Å². The lowest BCUT2D eigenvalue weighted by atomic mass is 9.85. The number of hydrogen-bond acceptors (Lipinski definition) is 5. The Hall–Kier alpha value is -1.31. The Morgan fingerprint density at radius 3 is 2.85 bits per heavy atom. The summed E-state index contributed by atoms with van der Waals surface area (Å²) < 4.78 is 0. The van der Waals surface area contributed by atoms with Crippen molar-refractivity contribution in [3.63, 3.8) is 0 Å². The number of β-lactam (4-membered cyclic amide) rings is 1. The summed E-state index contributed by atoms with van der Waals surface area (Å²) in [5, 5.41) is 18.3. The number of fused-ring (bicyclic) bond motifs is 1. The van der Waals surface area contributed by atoms with Crippen molar-refractivity contribution >= 4 is 23.6 Å². The maximum atomic E-state index is 12.0. The number of aliphatic hydroxyl groups excluding tert-OH is 1. The third kappa shape index (κ3) is 2.48. The van der Waals surface area contributed by atoms with Crippen molar-refractivity contribution in [3.05, 3.63) is 21.6 Å². The molecule has 0 aliphatic carbocycles. The molecule has 2 aliphatic rings. The number of aliphatic hydroxyl groups is 1. The minimum absolute atomic E-state index is 0.0578. The van der Waals surface area contributed by atoms with Crippen LogP contribution in [0.3, 0.4) is 0 Å². The van der Waals surface area contributed by atoms with E-state index in [1.54, 1.807) is 0 Å². The van der Waals surface area contributed by atoms with Gasteiger partial charge in [0.15, 0.2) is 0 Å². The highest BCUT2D eigenvalue weighted by atomic mass is 32.2. The summed E-state index contributed by atoms with van der Waals surface area (Å²) in [6, 6.07) is -0.117. The molecule has 1 fully saturated rings. The fourth-order valence-electron chi connectivity index (χ4n) is 2.70. The molecule has 1 amide bonds. The Kier molecular flexibility index (Phi) is 4.52. The van der Waals surface area contributed by atoms with E-state index in [0.29, 0.717) is 24.3 Å². The summed E-state index contributed by atoms with van der Waals surface area (Å²) in [6.07, 6.45) is 2.75. The van der Waals surface area contributed by atoms with Gasteiger partial charge in [0, 0.05) is 24.5 Å². The fraction of sp³-hybridized carbons (Fsp3) is 0.538. The standard InChI is InChI=1S/C13H18N2O4S/c1-7(2-4-14)20-10-6-9-8(3-5-16)12(17)15(9)11(10)13(18)19/h2,8-9,16H,3-6,14H2,1H3,(H,18,19)/b7-2-/t8-,9+/m0/s1. The molecule has 20 heavy (non-hydrogen) atoms. The molecule has 2 heterocycles. The van der Waals surface area contributed by atoms with Gasteiger partial charge in [-0.05, 0) is 18.2 Å². The Morgan fingerprint density at radius 2 is 2.30 bits per heavy atom. The van der Waals surface area contributed by atoms with Crippen LogP contribution < -0.4 is 5.73 Å². The molecule has 0 spiro atoms. The van der Waals surface area contributed by atoms with E-state index in [-0.39, 0.29) is 30.2 Å². The molecular formula is C13H18N2O4S. The lowest BCUT2D eigenvalue weighted by Gasteiger charge is -2.43. The minimum Gasteiger partial charge on any atom is -0.477 e. The topological polar surface area (TPSA) is 104 Å². The summed E-state index contributed by atoms with van der Waals surface area (Å²) in [6.45, 7) is 2.21. The predicted octanol–water partition coefficient (Wildman–Crippen LogP) is 0.491. The number of nitrogens with two attached hydrogens (primary N) is 1. The number of allylic oxidation sites excluding steroid dienone is 1. The molecule has 2 atom stereocenters. The average molecular weight is 298 g/mol. The summed E-state index contributed by atoms with van der Waals surface area (Å²) in [4.78, 5) is 26.4. The zero-order valence-electron chi connectivity index (χ0n) is 11.2. The number of carboxylic acid groups (broad SMARTS) is 1. The third-order valence-corrected chi connectivity index (χ3v) is 4.68. The number of hydrogen-bond donors (Lipinski definition) is 3. The summed E-state index contributed by atoms with van der Waals surface area (Å²) in [5.74, 6) is -1.53. The van der Waals surface area contributed by atoms with Crippen molar-refractivity contribution in [1.82, 2.24) is 4.90 Å². The van der Waals surface area contributed by atoms with Crippen LogP contribution >= 0.6 is 11.8 Å². The van der Waals surface area contributed by atoms with Crippen LogP contribution in [0.15, 0.2) is 21.6 Å². The van der Waals surface area contributed by atoms with E-state index in [9.17, 15) is 14.7 Å². The summed E-state index contributed by atoms with van der Waals surface area (Å²) in [5.41, 5.74) is 5.52. The molecule has 7 heteroatoms. The van der Waals surface area contributed by atoms with Crippen LogP contribution in [0.1, 0.15) is 19.8 Å². The second kappa shape index (κ2) is 5.99.